The van der Waals surface area contributed by atoms with E-state index in [0.717, 1.165) is 11.6 Å². The summed E-state index contributed by atoms with van der Waals surface area (Å²) in [5.74, 6) is 5.18. The minimum absolute atomic E-state index is 0.0630. The number of nitrogens with one attached hydrogen (secondary N) is 1. The number of aromatic nitrogens is 3. The molecule has 0 radical (unpaired) electrons. The molecule has 0 spiro atoms. The molecule has 32 heavy (non-hydrogen) atoms. The van der Waals surface area contributed by atoms with Gasteiger partial charge in [-0.3, -0.25) is 9.79 Å². The molecule has 0 fully saturated rings. The van der Waals surface area contributed by atoms with Crippen LogP contribution < -0.4 is 10.8 Å². The topological polar surface area (TPSA) is 72.2 Å². The van der Waals surface area contributed by atoms with Gasteiger partial charge in [0.2, 0.25) is 5.91 Å². The van der Waals surface area contributed by atoms with Gasteiger partial charge in [0.1, 0.15) is 17.3 Å². The van der Waals surface area contributed by atoms with Crippen molar-refractivity contribution in [1.82, 2.24) is 19.9 Å². The van der Waals surface area contributed by atoms with E-state index in [9.17, 15) is 18.0 Å². The summed E-state index contributed by atoms with van der Waals surface area (Å²) in [5, 5.41) is 3.21. The predicted molar refractivity (Wildman–Crippen MR) is 114 cm³/mol. The van der Waals surface area contributed by atoms with E-state index in [-0.39, 0.29) is 18.0 Å². The summed E-state index contributed by atoms with van der Waals surface area (Å²) in [5.41, 5.74) is 0.922. The summed E-state index contributed by atoms with van der Waals surface area (Å²) in [4.78, 5) is 24.3. The number of aryl methyl sites for hydroxylation is 2. The molecule has 1 unspecified atom stereocenters. The van der Waals surface area contributed by atoms with Gasteiger partial charge in [0, 0.05) is 24.9 Å². The molecule has 0 aliphatic carbocycles. The van der Waals surface area contributed by atoms with E-state index in [1.165, 1.54) is 19.1 Å². The maximum Gasteiger partial charge on any atom is 0.266 e. The van der Waals surface area contributed by atoms with Crippen molar-refractivity contribution < 1.29 is 18.0 Å². The van der Waals surface area contributed by atoms with E-state index in [2.05, 4.69) is 32.1 Å². The van der Waals surface area contributed by atoms with E-state index in [0.29, 0.717) is 22.4 Å². The number of hydrogen-bond acceptors (Lipinski definition) is 4. The molecule has 1 amide bonds. The third-order valence-electron chi connectivity index (χ3n) is 4.94. The molecule has 0 bridgehead atoms. The van der Waals surface area contributed by atoms with Crippen LogP contribution in [-0.2, 0) is 11.8 Å². The number of carbonyl (C=O) groups is 1. The maximum absolute atomic E-state index is 14.6. The summed E-state index contributed by atoms with van der Waals surface area (Å²) in [7, 11) is 1.83. The first-order valence-corrected chi connectivity index (χ1v) is 9.86. The van der Waals surface area contributed by atoms with Gasteiger partial charge in [-0.15, -0.1) is 0 Å². The molecule has 3 rings (SSSR count). The molecule has 2 heterocycles. The first kappa shape index (κ1) is 23.0. The van der Waals surface area contributed by atoms with Crippen LogP contribution in [0, 0.1) is 24.6 Å². The Bertz CT molecular complexity index is 1300. The van der Waals surface area contributed by atoms with Crippen molar-refractivity contribution in [3.63, 3.8) is 0 Å². The van der Waals surface area contributed by atoms with Crippen LogP contribution in [0.15, 0.2) is 35.5 Å². The molecular weight excluding hydrogens is 419 g/mol. The van der Waals surface area contributed by atoms with Gasteiger partial charge in [-0.1, -0.05) is 24.1 Å². The Morgan fingerprint density at radius 2 is 2.03 bits per heavy atom. The van der Waals surface area contributed by atoms with Crippen LogP contribution in [0.5, 0.6) is 0 Å². The predicted octanol–water partition coefficient (Wildman–Crippen LogP) is 3.50. The van der Waals surface area contributed by atoms with Crippen molar-refractivity contribution in [1.29, 1.82) is 0 Å². The number of alkyl halides is 2. The smallest absolute Gasteiger partial charge is 0.266 e. The number of carbonyl (C=O) groups excluding carboxylic acids is 1. The lowest BCUT2D eigenvalue weighted by Crippen LogP contribution is -2.19. The molecule has 9 heteroatoms. The number of hydrogen-bond donors (Lipinski definition) is 1. The summed E-state index contributed by atoms with van der Waals surface area (Å²) in [6.07, 6.45) is -1.28. The second kappa shape index (κ2) is 9.64. The first-order chi connectivity index (χ1) is 15.2. The molecular formula is C23H22F3N5O. The van der Waals surface area contributed by atoms with Crippen molar-refractivity contribution in [3.8, 4) is 11.8 Å². The fourth-order valence-electron chi connectivity index (χ4n) is 3.14. The van der Waals surface area contributed by atoms with Gasteiger partial charge in [0.05, 0.1) is 29.9 Å². The molecule has 1 aromatic carbocycles. The minimum Gasteiger partial charge on any atom is -0.345 e. The van der Waals surface area contributed by atoms with Gasteiger partial charge < -0.3 is 9.88 Å². The van der Waals surface area contributed by atoms with Gasteiger partial charge in [-0.25, -0.2) is 23.1 Å². The fraction of sp³-hybridized carbons (Fsp3) is 0.304. The Morgan fingerprint density at radius 3 is 2.72 bits per heavy atom. The lowest BCUT2D eigenvalue weighted by atomic mass is 10.0. The highest BCUT2D eigenvalue weighted by Gasteiger charge is 2.19. The SMILES string of the molecule is CC(=O)NCC#Cc1cc2c(=NC(C)c3cccc(C(F)F)c3F)nc(C)n(C)c2cn1. The minimum atomic E-state index is -2.91. The number of amides is 1. The molecule has 1 atom stereocenters. The van der Waals surface area contributed by atoms with Crippen LogP contribution in [0.4, 0.5) is 13.2 Å². The highest BCUT2D eigenvalue weighted by molar-refractivity contribution is 5.78. The van der Waals surface area contributed by atoms with Gasteiger partial charge >= 0.3 is 0 Å². The van der Waals surface area contributed by atoms with Crippen LogP contribution in [0.1, 0.15) is 49.0 Å². The molecule has 0 aliphatic heterocycles. The Morgan fingerprint density at radius 1 is 1.31 bits per heavy atom. The van der Waals surface area contributed by atoms with E-state index in [1.54, 1.807) is 26.1 Å². The zero-order chi connectivity index (χ0) is 23.4. The molecule has 0 aliphatic rings. The Labute approximate surface area is 183 Å². The standard InChI is InChI=1S/C23H22F3N5O/c1-13(17-8-5-9-18(21(17)24)22(25)26)29-23-19-11-16(7-6-10-27-15(3)32)28-12-20(19)31(4)14(2)30-23/h5,8-9,11-13,22H,10H2,1-4H3,(H,27,32). The number of pyridine rings is 1. The van der Waals surface area contributed by atoms with Crippen molar-refractivity contribution in [2.24, 2.45) is 12.0 Å². The zero-order valence-electron chi connectivity index (χ0n) is 18.1. The molecule has 6 nitrogen and oxygen atoms in total. The highest BCUT2D eigenvalue weighted by atomic mass is 19.3. The Balaban J connectivity index is 2.11. The first-order valence-electron chi connectivity index (χ1n) is 9.86. The van der Waals surface area contributed by atoms with Gasteiger partial charge in [-0.2, -0.15) is 0 Å². The molecule has 3 aromatic rings. The number of halogens is 3. The summed E-state index contributed by atoms with van der Waals surface area (Å²) < 4.78 is 42.6. The van der Waals surface area contributed by atoms with E-state index >= 15 is 0 Å². The molecule has 1 N–H and O–H groups in total. The third-order valence-corrected chi connectivity index (χ3v) is 4.94. The molecule has 166 valence electrons. The monoisotopic (exact) mass is 441 g/mol. The summed E-state index contributed by atoms with van der Waals surface area (Å²) in [6, 6.07) is 4.85. The Hall–Kier alpha value is -3.67. The quantitative estimate of drug-likeness (QED) is 0.630. The Kier molecular flexibility index (Phi) is 6.93. The van der Waals surface area contributed by atoms with Crippen LogP contribution in [0.25, 0.3) is 10.9 Å². The third kappa shape index (κ3) is 4.97. The average molecular weight is 441 g/mol. The average Bonchev–Trinajstić information content (AvgIpc) is 2.74. The number of rotatable bonds is 4. The van der Waals surface area contributed by atoms with Gasteiger partial charge in [0.15, 0.2) is 5.49 Å². The largest absolute Gasteiger partial charge is 0.345 e. The molecule has 0 saturated heterocycles. The van der Waals surface area contributed by atoms with Crippen LogP contribution in [0.3, 0.4) is 0 Å². The second-order valence-corrected chi connectivity index (χ2v) is 7.20. The highest BCUT2D eigenvalue weighted by Crippen LogP contribution is 2.28. The molecule has 2 aromatic heterocycles. The molecule has 0 saturated carbocycles. The van der Waals surface area contributed by atoms with Crippen LogP contribution >= 0.6 is 0 Å². The van der Waals surface area contributed by atoms with E-state index in [1.807, 2.05) is 11.6 Å². The van der Waals surface area contributed by atoms with Crippen molar-refractivity contribution in [3.05, 3.63) is 64.4 Å². The lowest BCUT2D eigenvalue weighted by molar-refractivity contribution is -0.118. The second-order valence-electron chi connectivity index (χ2n) is 7.20. The summed E-state index contributed by atoms with van der Waals surface area (Å²) in [6.45, 7) is 5.00. The van der Waals surface area contributed by atoms with Crippen molar-refractivity contribution in [2.45, 2.75) is 33.2 Å². The number of benzene rings is 1. The van der Waals surface area contributed by atoms with Crippen LogP contribution in [-0.4, -0.2) is 27.0 Å². The van der Waals surface area contributed by atoms with E-state index < -0.39 is 23.8 Å². The van der Waals surface area contributed by atoms with E-state index in [4.69, 9.17) is 0 Å². The van der Waals surface area contributed by atoms with Crippen molar-refractivity contribution >= 4 is 16.8 Å². The number of nitrogens with zero attached hydrogens (tertiary/aromatic N) is 4. The van der Waals surface area contributed by atoms with Crippen molar-refractivity contribution in [2.75, 3.05) is 6.54 Å². The fourth-order valence-corrected chi connectivity index (χ4v) is 3.14. The maximum atomic E-state index is 14.6. The van der Waals surface area contributed by atoms with Gasteiger partial charge in [0.25, 0.3) is 6.43 Å². The zero-order valence-corrected chi connectivity index (χ0v) is 18.1. The van der Waals surface area contributed by atoms with Crippen LogP contribution in [0.2, 0.25) is 0 Å². The van der Waals surface area contributed by atoms with Gasteiger partial charge in [-0.05, 0) is 25.8 Å². The number of fused-ring (bicyclic) bond motifs is 1. The normalized spacial score (nSPS) is 12.6. The summed E-state index contributed by atoms with van der Waals surface area (Å²) >= 11 is 0. The lowest BCUT2D eigenvalue weighted by Gasteiger charge is -2.13.